The monoisotopic (exact) mass is 479 g/mol. The van der Waals surface area contributed by atoms with Gasteiger partial charge >= 0.3 is 0 Å². The van der Waals surface area contributed by atoms with Crippen LogP contribution < -0.4 is 24.3 Å². The van der Waals surface area contributed by atoms with Gasteiger partial charge < -0.3 is 29.4 Å². The maximum Gasteiger partial charge on any atom is 0.231 e. The minimum absolute atomic E-state index is 0.0869. The predicted octanol–water partition coefficient (Wildman–Crippen LogP) is 4.97. The summed E-state index contributed by atoms with van der Waals surface area (Å²) in [6, 6.07) is 9.36. The van der Waals surface area contributed by atoms with Crippen molar-refractivity contribution < 1.29 is 24.1 Å². The molecule has 1 aliphatic rings. The molecule has 164 valence electrons. The first-order chi connectivity index (χ1) is 14.6. The maximum absolute atomic E-state index is 10.5. The molecule has 2 N–H and O–H groups in total. The van der Waals surface area contributed by atoms with Gasteiger partial charge in [-0.1, -0.05) is 32.3 Å². The van der Waals surface area contributed by atoms with Crippen LogP contribution in [0.4, 0.5) is 0 Å². The Balaban J connectivity index is 1.57. The highest BCUT2D eigenvalue weighted by Crippen LogP contribution is 2.38. The first kappa shape index (κ1) is 22.7. The first-order valence-corrected chi connectivity index (χ1v) is 11.2. The second kappa shape index (κ2) is 11.4. The Kier molecular flexibility index (Phi) is 8.66. The first-order valence-electron chi connectivity index (χ1n) is 10.4. The zero-order valence-electron chi connectivity index (χ0n) is 17.6. The van der Waals surface area contributed by atoms with Crippen LogP contribution >= 0.6 is 15.9 Å². The summed E-state index contributed by atoms with van der Waals surface area (Å²) < 4.78 is 22.9. The molecule has 0 saturated carbocycles. The third-order valence-corrected chi connectivity index (χ3v) is 5.58. The molecule has 0 aromatic heterocycles. The van der Waals surface area contributed by atoms with Crippen LogP contribution in [-0.2, 0) is 6.54 Å². The van der Waals surface area contributed by atoms with E-state index in [1.165, 1.54) is 25.7 Å². The highest BCUT2D eigenvalue weighted by Gasteiger charge is 2.19. The average molecular weight is 480 g/mol. The van der Waals surface area contributed by atoms with Gasteiger partial charge in [0, 0.05) is 6.54 Å². The lowest BCUT2D eigenvalue weighted by Gasteiger charge is -2.17. The van der Waals surface area contributed by atoms with Crippen molar-refractivity contribution in [2.45, 2.75) is 45.3 Å². The fraction of sp³-hybridized carbons (Fsp3) is 0.478. The zero-order chi connectivity index (χ0) is 21.3. The zero-order valence-corrected chi connectivity index (χ0v) is 19.2. The van der Waals surface area contributed by atoms with E-state index in [9.17, 15) is 5.11 Å². The SMILES string of the molecule is CCCCCCNCc1cc(Br)c(OCC(O)c2ccc3c(c2)OCO3)c(OC)c1. The number of nitrogens with one attached hydrogen (secondary N) is 1. The summed E-state index contributed by atoms with van der Waals surface area (Å²) >= 11 is 3.58. The second-order valence-electron chi connectivity index (χ2n) is 7.29. The van der Waals surface area contributed by atoms with Crippen LogP contribution in [0.15, 0.2) is 34.8 Å². The van der Waals surface area contributed by atoms with Crippen molar-refractivity contribution in [2.24, 2.45) is 0 Å². The average Bonchev–Trinajstić information content (AvgIpc) is 3.22. The van der Waals surface area contributed by atoms with Crippen molar-refractivity contribution in [1.82, 2.24) is 5.32 Å². The summed E-state index contributed by atoms with van der Waals surface area (Å²) in [5.74, 6) is 2.52. The van der Waals surface area contributed by atoms with Crippen molar-refractivity contribution >= 4 is 15.9 Å². The standard InChI is InChI=1S/C23H30BrNO5/c1-3-4-5-6-9-25-13-16-10-18(24)23(22(11-16)27-2)28-14-19(26)17-7-8-20-21(12-17)30-15-29-20/h7-8,10-12,19,25-26H,3-6,9,13-15H2,1-2H3. The Morgan fingerprint density at radius 3 is 2.77 bits per heavy atom. The summed E-state index contributed by atoms with van der Waals surface area (Å²) in [6.45, 7) is 4.27. The largest absolute Gasteiger partial charge is 0.493 e. The molecule has 1 atom stereocenters. The Morgan fingerprint density at radius 1 is 1.13 bits per heavy atom. The minimum atomic E-state index is -0.805. The molecule has 2 aromatic carbocycles. The Hall–Kier alpha value is -1.96. The fourth-order valence-corrected chi connectivity index (χ4v) is 3.91. The van der Waals surface area contributed by atoms with E-state index in [1.54, 1.807) is 19.2 Å². The smallest absolute Gasteiger partial charge is 0.231 e. The van der Waals surface area contributed by atoms with Gasteiger partial charge in [0.05, 0.1) is 11.6 Å². The molecular formula is C23H30BrNO5. The van der Waals surface area contributed by atoms with Crippen LogP contribution in [0.5, 0.6) is 23.0 Å². The van der Waals surface area contributed by atoms with Crippen molar-refractivity contribution in [3.05, 3.63) is 45.9 Å². The molecule has 7 heteroatoms. The molecule has 1 heterocycles. The third kappa shape index (κ3) is 6.03. The number of hydrogen-bond donors (Lipinski definition) is 2. The Bertz CT molecular complexity index is 829. The molecule has 0 spiro atoms. The summed E-state index contributed by atoms with van der Waals surface area (Å²) in [7, 11) is 1.62. The minimum Gasteiger partial charge on any atom is -0.493 e. The van der Waals surface area contributed by atoms with Gasteiger partial charge in [0.1, 0.15) is 12.7 Å². The molecule has 0 saturated heterocycles. The molecule has 0 amide bonds. The molecule has 2 aromatic rings. The lowest BCUT2D eigenvalue weighted by atomic mass is 10.1. The molecule has 0 bridgehead atoms. The lowest BCUT2D eigenvalue weighted by molar-refractivity contribution is 0.105. The molecule has 0 radical (unpaired) electrons. The normalized spacial score (nSPS) is 13.3. The van der Waals surface area contributed by atoms with Crippen LogP contribution in [0.25, 0.3) is 0 Å². The predicted molar refractivity (Wildman–Crippen MR) is 120 cm³/mol. The second-order valence-corrected chi connectivity index (χ2v) is 8.14. The molecule has 3 rings (SSSR count). The van der Waals surface area contributed by atoms with Crippen molar-refractivity contribution in [1.29, 1.82) is 0 Å². The van der Waals surface area contributed by atoms with Gasteiger partial charge in [-0.05, 0) is 64.3 Å². The molecule has 0 aliphatic carbocycles. The van der Waals surface area contributed by atoms with Crippen LogP contribution in [0.3, 0.4) is 0 Å². The van der Waals surface area contributed by atoms with Gasteiger partial charge in [0.15, 0.2) is 23.0 Å². The van der Waals surface area contributed by atoms with Gasteiger partial charge in [-0.3, -0.25) is 0 Å². The van der Waals surface area contributed by atoms with Gasteiger partial charge in [-0.25, -0.2) is 0 Å². The highest BCUT2D eigenvalue weighted by molar-refractivity contribution is 9.10. The van der Waals surface area contributed by atoms with Gasteiger partial charge in [-0.2, -0.15) is 0 Å². The molecule has 0 fully saturated rings. The number of benzene rings is 2. The number of methoxy groups -OCH3 is 1. The molecule has 6 nitrogen and oxygen atoms in total. The van der Waals surface area contributed by atoms with Crippen LogP contribution in [-0.4, -0.2) is 32.2 Å². The van der Waals surface area contributed by atoms with Crippen LogP contribution in [0.2, 0.25) is 0 Å². The van der Waals surface area contributed by atoms with E-state index in [-0.39, 0.29) is 13.4 Å². The van der Waals surface area contributed by atoms with Gasteiger partial charge in [0.2, 0.25) is 6.79 Å². The van der Waals surface area contributed by atoms with Crippen LogP contribution in [0.1, 0.15) is 49.8 Å². The number of fused-ring (bicyclic) bond motifs is 1. The quantitative estimate of drug-likeness (QED) is 0.418. The van der Waals surface area contributed by atoms with E-state index in [4.69, 9.17) is 18.9 Å². The van der Waals surface area contributed by atoms with Crippen molar-refractivity contribution in [3.8, 4) is 23.0 Å². The van der Waals surface area contributed by atoms with E-state index in [0.717, 1.165) is 23.1 Å². The molecule has 1 unspecified atom stereocenters. The summed E-state index contributed by atoms with van der Waals surface area (Å²) in [4.78, 5) is 0. The topological polar surface area (TPSA) is 69.2 Å². The van der Waals surface area contributed by atoms with Gasteiger partial charge in [-0.15, -0.1) is 0 Å². The van der Waals surface area contributed by atoms with E-state index < -0.39 is 6.10 Å². The van der Waals surface area contributed by atoms with Crippen molar-refractivity contribution in [2.75, 3.05) is 27.1 Å². The van der Waals surface area contributed by atoms with E-state index in [0.29, 0.717) is 28.6 Å². The highest BCUT2D eigenvalue weighted by atomic mass is 79.9. The number of ether oxygens (including phenoxy) is 4. The fourth-order valence-electron chi connectivity index (χ4n) is 3.30. The number of aliphatic hydroxyl groups excluding tert-OH is 1. The Labute approximate surface area is 186 Å². The van der Waals surface area contributed by atoms with E-state index >= 15 is 0 Å². The Morgan fingerprint density at radius 2 is 1.97 bits per heavy atom. The van der Waals surface area contributed by atoms with Crippen LogP contribution in [0, 0.1) is 0 Å². The van der Waals surface area contributed by atoms with Gasteiger partial charge in [0.25, 0.3) is 0 Å². The number of unbranched alkanes of at least 4 members (excludes halogenated alkanes) is 3. The molecule has 1 aliphatic heterocycles. The number of hydrogen-bond acceptors (Lipinski definition) is 6. The third-order valence-electron chi connectivity index (χ3n) is 4.99. The van der Waals surface area contributed by atoms with E-state index in [2.05, 4.69) is 28.2 Å². The number of halogens is 1. The number of aliphatic hydroxyl groups is 1. The van der Waals surface area contributed by atoms with Crippen molar-refractivity contribution in [3.63, 3.8) is 0 Å². The molecule has 30 heavy (non-hydrogen) atoms. The lowest BCUT2D eigenvalue weighted by Crippen LogP contribution is -2.15. The van der Waals surface area contributed by atoms with E-state index in [1.807, 2.05) is 18.2 Å². The maximum atomic E-state index is 10.5. The summed E-state index contributed by atoms with van der Waals surface area (Å²) in [5.41, 5.74) is 1.82. The molecular weight excluding hydrogens is 450 g/mol. The summed E-state index contributed by atoms with van der Waals surface area (Å²) in [5, 5.41) is 14.0. The summed E-state index contributed by atoms with van der Waals surface area (Å²) in [6.07, 6.45) is 4.17. The number of rotatable bonds is 12.